The van der Waals surface area contributed by atoms with Crippen LogP contribution in [0.2, 0.25) is 0 Å². The molecule has 0 radical (unpaired) electrons. The van der Waals surface area contributed by atoms with Crippen LogP contribution in [0.25, 0.3) is 10.4 Å². The summed E-state index contributed by atoms with van der Waals surface area (Å²) in [6.45, 7) is 3.37. The lowest BCUT2D eigenvalue weighted by Gasteiger charge is -2.22. The Labute approximate surface area is 109 Å². The molecular formula is C12H14F2N4O. The van der Waals surface area contributed by atoms with Crippen LogP contribution in [0.1, 0.15) is 31.0 Å². The average molecular weight is 268 g/mol. The Bertz CT molecular complexity index is 569. The standard InChI is InChI=1S/C12H14F2N4O/c1-6(15)9-10(14)8(13)3-7-4-12(2,5-17-18-16)19-11(7)9/h3,6H,4-5,15H2,1-2H3/t6-,12?/m1/s1. The zero-order valence-electron chi connectivity index (χ0n) is 10.7. The lowest BCUT2D eigenvalue weighted by Crippen LogP contribution is -2.33. The second-order valence-corrected chi connectivity index (χ2v) is 4.98. The Morgan fingerprint density at radius 2 is 2.32 bits per heavy atom. The van der Waals surface area contributed by atoms with E-state index < -0.39 is 23.3 Å². The van der Waals surface area contributed by atoms with Crippen molar-refractivity contribution < 1.29 is 13.5 Å². The molecule has 5 nitrogen and oxygen atoms in total. The first-order chi connectivity index (χ1) is 8.88. The third-order valence-corrected chi connectivity index (χ3v) is 3.12. The largest absolute Gasteiger partial charge is 0.486 e. The zero-order valence-corrected chi connectivity index (χ0v) is 10.7. The summed E-state index contributed by atoms with van der Waals surface area (Å²) in [6, 6.07) is 0.420. The molecule has 1 aromatic carbocycles. The summed E-state index contributed by atoms with van der Waals surface area (Å²) in [6.07, 6.45) is 0.346. The molecule has 0 spiro atoms. The van der Waals surface area contributed by atoms with Crippen LogP contribution in [0.5, 0.6) is 5.75 Å². The quantitative estimate of drug-likeness (QED) is 0.519. The van der Waals surface area contributed by atoms with Gasteiger partial charge in [0.15, 0.2) is 11.6 Å². The van der Waals surface area contributed by atoms with Gasteiger partial charge in [-0.25, -0.2) is 8.78 Å². The zero-order chi connectivity index (χ0) is 14.2. The van der Waals surface area contributed by atoms with Gasteiger partial charge in [0, 0.05) is 28.5 Å². The van der Waals surface area contributed by atoms with E-state index in [2.05, 4.69) is 10.0 Å². The molecule has 2 N–H and O–H groups in total. The molecule has 102 valence electrons. The fourth-order valence-electron chi connectivity index (χ4n) is 2.30. The summed E-state index contributed by atoms with van der Waals surface area (Å²) in [4.78, 5) is 2.67. The maximum atomic E-state index is 13.8. The van der Waals surface area contributed by atoms with E-state index >= 15 is 0 Å². The van der Waals surface area contributed by atoms with Crippen LogP contribution in [-0.2, 0) is 6.42 Å². The normalized spacial score (nSPS) is 22.4. The lowest BCUT2D eigenvalue weighted by molar-refractivity contribution is 0.124. The molecule has 1 aliphatic heterocycles. The molecule has 0 aromatic heterocycles. The predicted molar refractivity (Wildman–Crippen MR) is 65.7 cm³/mol. The van der Waals surface area contributed by atoms with E-state index in [1.54, 1.807) is 13.8 Å². The smallest absolute Gasteiger partial charge is 0.167 e. The van der Waals surface area contributed by atoms with Gasteiger partial charge in [-0.1, -0.05) is 5.11 Å². The van der Waals surface area contributed by atoms with Crippen molar-refractivity contribution in [3.8, 4) is 5.75 Å². The van der Waals surface area contributed by atoms with Crippen molar-refractivity contribution in [2.24, 2.45) is 10.8 Å². The number of ether oxygens (including phenoxy) is 1. The Kier molecular flexibility index (Phi) is 3.34. The maximum Gasteiger partial charge on any atom is 0.167 e. The Morgan fingerprint density at radius 1 is 1.63 bits per heavy atom. The Hall–Kier alpha value is -1.85. The van der Waals surface area contributed by atoms with E-state index in [1.807, 2.05) is 0 Å². The van der Waals surface area contributed by atoms with Crippen LogP contribution < -0.4 is 10.5 Å². The highest BCUT2D eigenvalue weighted by molar-refractivity contribution is 5.48. The van der Waals surface area contributed by atoms with Crippen molar-refractivity contribution in [3.63, 3.8) is 0 Å². The number of benzene rings is 1. The van der Waals surface area contributed by atoms with E-state index in [-0.39, 0.29) is 17.9 Å². The molecule has 0 aliphatic carbocycles. The topological polar surface area (TPSA) is 84.0 Å². The number of nitrogens with two attached hydrogens (primary N) is 1. The summed E-state index contributed by atoms with van der Waals surface area (Å²) >= 11 is 0. The van der Waals surface area contributed by atoms with Crippen molar-refractivity contribution in [1.29, 1.82) is 0 Å². The highest BCUT2D eigenvalue weighted by Crippen LogP contribution is 2.42. The molecule has 19 heavy (non-hydrogen) atoms. The van der Waals surface area contributed by atoms with Gasteiger partial charge in [-0.05, 0) is 25.4 Å². The average Bonchev–Trinajstić information content (AvgIpc) is 2.64. The summed E-state index contributed by atoms with van der Waals surface area (Å²) < 4.78 is 33.0. The van der Waals surface area contributed by atoms with Crippen molar-refractivity contribution in [2.75, 3.05) is 6.54 Å². The molecule has 0 bridgehead atoms. The molecular weight excluding hydrogens is 254 g/mol. The van der Waals surface area contributed by atoms with Crippen LogP contribution in [-0.4, -0.2) is 12.1 Å². The monoisotopic (exact) mass is 268 g/mol. The minimum absolute atomic E-state index is 0.0275. The summed E-state index contributed by atoms with van der Waals surface area (Å²) in [7, 11) is 0. The molecule has 1 unspecified atom stereocenters. The van der Waals surface area contributed by atoms with Gasteiger partial charge in [-0.15, -0.1) is 0 Å². The van der Waals surface area contributed by atoms with Gasteiger partial charge in [0.05, 0.1) is 6.54 Å². The number of hydrogen-bond acceptors (Lipinski definition) is 3. The predicted octanol–water partition coefficient (Wildman–Crippen LogP) is 2.99. The number of rotatable bonds is 3. The van der Waals surface area contributed by atoms with Gasteiger partial charge < -0.3 is 10.5 Å². The molecule has 0 saturated heterocycles. The third kappa shape index (κ3) is 2.34. The SMILES string of the molecule is C[C@@H](N)c1c(F)c(F)cc2c1OC(C)(CN=[N+]=[N-])C2. The lowest BCUT2D eigenvalue weighted by atomic mass is 9.97. The van der Waals surface area contributed by atoms with Crippen LogP contribution in [0.3, 0.4) is 0 Å². The molecule has 1 aromatic rings. The summed E-state index contributed by atoms with van der Waals surface area (Å²) in [5, 5.41) is 3.46. The van der Waals surface area contributed by atoms with E-state index in [9.17, 15) is 8.78 Å². The number of halogens is 2. The van der Waals surface area contributed by atoms with E-state index in [0.717, 1.165) is 6.07 Å². The van der Waals surface area contributed by atoms with Crippen molar-refractivity contribution >= 4 is 0 Å². The molecule has 1 heterocycles. The van der Waals surface area contributed by atoms with Gasteiger partial charge >= 0.3 is 0 Å². The molecule has 0 saturated carbocycles. The number of hydrogen-bond donors (Lipinski definition) is 1. The van der Waals surface area contributed by atoms with Crippen LogP contribution >= 0.6 is 0 Å². The van der Waals surface area contributed by atoms with E-state index in [1.165, 1.54) is 0 Å². The fraction of sp³-hybridized carbons (Fsp3) is 0.500. The first-order valence-electron chi connectivity index (χ1n) is 5.84. The second kappa shape index (κ2) is 4.68. The second-order valence-electron chi connectivity index (χ2n) is 4.98. The molecule has 0 amide bonds. The Morgan fingerprint density at radius 3 is 2.89 bits per heavy atom. The first kappa shape index (κ1) is 13.6. The van der Waals surface area contributed by atoms with Crippen molar-refractivity contribution in [2.45, 2.75) is 31.9 Å². The van der Waals surface area contributed by atoms with Gasteiger partial charge in [-0.3, -0.25) is 0 Å². The molecule has 1 aliphatic rings. The summed E-state index contributed by atoms with van der Waals surface area (Å²) in [5.74, 6) is -1.66. The maximum absolute atomic E-state index is 13.8. The highest BCUT2D eigenvalue weighted by atomic mass is 19.2. The van der Waals surface area contributed by atoms with Crippen LogP contribution in [0, 0.1) is 11.6 Å². The first-order valence-corrected chi connectivity index (χ1v) is 5.84. The highest BCUT2D eigenvalue weighted by Gasteiger charge is 2.38. The van der Waals surface area contributed by atoms with Crippen LogP contribution in [0.15, 0.2) is 11.2 Å². The minimum Gasteiger partial charge on any atom is -0.486 e. The molecule has 2 rings (SSSR count). The molecule has 2 atom stereocenters. The molecule has 7 heteroatoms. The molecule has 0 fully saturated rings. The van der Waals surface area contributed by atoms with E-state index in [0.29, 0.717) is 12.0 Å². The number of fused-ring (bicyclic) bond motifs is 1. The van der Waals surface area contributed by atoms with Gasteiger partial charge in [0.2, 0.25) is 0 Å². The Balaban J connectivity index is 2.48. The van der Waals surface area contributed by atoms with Gasteiger partial charge in [-0.2, -0.15) is 0 Å². The van der Waals surface area contributed by atoms with Crippen LogP contribution in [0.4, 0.5) is 8.78 Å². The van der Waals surface area contributed by atoms with Gasteiger partial charge in [0.25, 0.3) is 0 Å². The van der Waals surface area contributed by atoms with Gasteiger partial charge in [0.1, 0.15) is 11.4 Å². The number of nitrogens with zero attached hydrogens (tertiary/aromatic N) is 3. The minimum atomic E-state index is -0.984. The third-order valence-electron chi connectivity index (χ3n) is 3.12. The fourth-order valence-corrected chi connectivity index (χ4v) is 2.30. The van der Waals surface area contributed by atoms with Crippen molar-refractivity contribution in [1.82, 2.24) is 0 Å². The number of azide groups is 1. The van der Waals surface area contributed by atoms with E-state index in [4.69, 9.17) is 16.0 Å². The van der Waals surface area contributed by atoms with Crippen molar-refractivity contribution in [3.05, 3.63) is 39.3 Å². The summed E-state index contributed by atoms with van der Waals surface area (Å²) in [5.41, 5.74) is 13.8.